The Balaban J connectivity index is 0.00000364. The van der Waals surface area contributed by atoms with Gasteiger partial charge in [-0.2, -0.15) is 0 Å². The smallest absolute Gasteiger partial charge is 0.191 e. The highest BCUT2D eigenvalue weighted by atomic mass is 127. The van der Waals surface area contributed by atoms with Crippen LogP contribution in [-0.4, -0.2) is 31.1 Å². The van der Waals surface area contributed by atoms with E-state index in [0.29, 0.717) is 13.1 Å². The number of halogens is 2. The van der Waals surface area contributed by atoms with Gasteiger partial charge in [-0.3, -0.25) is 4.98 Å². The number of hydrogen-bond acceptors (Lipinski definition) is 3. The number of pyridine rings is 1. The first-order valence-electron chi connectivity index (χ1n) is 8.80. The zero-order valence-electron chi connectivity index (χ0n) is 16.3. The predicted molar refractivity (Wildman–Crippen MR) is 119 cm³/mol. The highest BCUT2D eigenvalue weighted by Gasteiger charge is 2.09. The van der Waals surface area contributed by atoms with E-state index in [2.05, 4.69) is 20.6 Å². The number of guanidine groups is 1. The maximum Gasteiger partial charge on any atom is 0.191 e. The SMILES string of the molecule is CCNC(=NCc1ncc(C)c(OC)c1C)NCCc1ccc(F)cc1.I. The van der Waals surface area contributed by atoms with Gasteiger partial charge in [0.05, 0.1) is 19.3 Å². The number of aryl methyl sites for hydroxylation is 1. The molecule has 0 aliphatic rings. The summed E-state index contributed by atoms with van der Waals surface area (Å²) in [5.74, 6) is 1.38. The van der Waals surface area contributed by atoms with Crippen LogP contribution in [0, 0.1) is 19.7 Å². The molecule has 0 bridgehead atoms. The summed E-state index contributed by atoms with van der Waals surface area (Å²) in [6.45, 7) is 7.95. The minimum absolute atomic E-state index is 0. The molecule has 0 radical (unpaired) electrons. The quantitative estimate of drug-likeness (QED) is 0.356. The average Bonchev–Trinajstić information content (AvgIpc) is 2.63. The van der Waals surface area contributed by atoms with Crippen molar-refractivity contribution in [1.82, 2.24) is 15.6 Å². The molecule has 0 fully saturated rings. The van der Waals surface area contributed by atoms with Gasteiger partial charge in [-0.1, -0.05) is 12.1 Å². The molecule has 0 aliphatic carbocycles. The number of nitrogens with one attached hydrogen (secondary N) is 2. The van der Waals surface area contributed by atoms with E-state index in [-0.39, 0.29) is 29.8 Å². The lowest BCUT2D eigenvalue weighted by molar-refractivity contribution is 0.407. The van der Waals surface area contributed by atoms with Crippen LogP contribution in [-0.2, 0) is 13.0 Å². The number of ether oxygens (including phenoxy) is 1. The number of aliphatic imine (C=N–C) groups is 1. The van der Waals surface area contributed by atoms with Crippen LogP contribution >= 0.6 is 24.0 Å². The Kier molecular flexibility index (Phi) is 10.1. The van der Waals surface area contributed by atoms with Crippen molar-refractivity contribution in [3.63, 3.8) is 0 Å². The fraction of sp³-hybridized carbons (Fsp3) is 0.400. The van der Waals surface area contributed by atoms with Crippen LogP contribution in [0.1, 0.15) is 29.3 Å². The summed E-state index contributed by atoms with van der Waals surface area (Å²) in [6.07, 6.45) is 2.60. The second kappa shape index (κ2) is 11.7. The lowest BCUT2D eigenvalue weighted by atomic mass is 10.1. The number of methoxy groups -OCH3 is 1. The van der Waals surface area contributed by atoms with Gasteiger partial charge in [0.2, 0.25) is 0 Å². The molecule has 5 nitrogen and oxygen atoms in total. The van der Waals surface area contributed by atoms with Crippen LogP contribution in [0.15, 0.2) is 35.5 Å². The lowest BCUT2D eigenvalue weighted by Gasteiger charge is -2.13. The molecule has 2 aromatic rings. The molecule has 0 unspecified atom stereocenters. The number of hydrogen-bond donors (Lipinski definition) is 2. The van der Waals surface area contributed by atoms with Gasteiger partial charge in [0, 0.05) is 30.4 Å². The third kappa shape index (κ3) is 6.97. The van der Waals surface area contributed by atoms with Crippen molar-refractivity contribution in [2.45, 2.75) is 33.7 Å². The van der Waals surface area contributed by atoms with Crippen molar-refractivity contribution in [1.29, 1.82) is 0 Å². The van der Waals surface area contributed by atoms with Crippen LogP contribution in [0.3, 0.4) is 0 Å². The summed E-state index contributed by atoms with van der Waals surface area (Å²) >= 11 is 0. The van der Waals surface area contributed by atoms with Crippen molar-refractivity contribution in [2.75, 3.05) is 20.2 Å². The molecule has 27 heavy (non-hydrogen) atoms. The van der Waals surface area contributed by atoms with E-state index in [1.807, 2.05) is 27.0 Å². The molecule has 0 aliphatic heterocycles. The van der Waals surface area contributed by atoms with Gasteiger partial charge in [0.1, 0.15) is 11.6 Å². The van der Waals surface area contributed by atoms with Crippen molar-refractivity contribution in [2.24, 2.45) is 4.99 Å². The summed E-state index contributed by atoms with van der Waals surface area (Å²) < 4.78 is 18.4. The second-order valence-electron chi connectivity index (χ2n) is 6.04. The number of nitrogens with zero attached hydrogens (tertiary/aromatic N) is 2. The molecule has 0 amide bonds. The van der Waals surface area contributed by atoms with E-state index in [1.165, 1.54) is 12.1 Å². The van der Waals surface area contributed by atoms with Crippen molar-refractivity contribution >= 4 is 29.9 Å². The molecular weight excluding hydrogens is 458 g/mol. The molecule has 7 heteroatoms. The lowest BCUT2D eigenvalue weighted by Crippen LogP contribution is -2.38. The fourth-order valence-electron chi connectivity index (χ4n) is 2.70. The predicted octanol–water partition coefficient (Wildman–Crippen LogP) is 3.76. The molecule has 2 rings (SSSR count). The Hall–Kier alpha value is -1.90. The number of rotatable bonds is 7. The average molecular weight is 486 g/mol. The Bertz CT molecular complexity index is 750. The summed E-state index contributed by atoms with van der Waals surface area (Å²) in [7, 11) is 1.67. The van der Waals surface area contributed by atoms with E-state index in [4.69, 9.17) is 4.74 Å². The van der Waals surface area contributed by atoms with Crippen LogP contribution in [0.2, 0.25) is 0 Å². The van der Waals surface area contributed by atoms with E-state index in [0.717, 1.165) is 47.1 Å². The van der Waals surface area contributed by atoms with Gasteiger partial charge in [-0.25, -0.2) is 9.38 Å². The second-order valence-corrected chi connectivity index (χ2v) is 6.04. The molecule has 1 aromatic heterocycles. The summed E-state index contributed by atoms with van der Waals surface area (Å²) in [5.41, 5.74) is 4.00. The zero-order chi connectivity index (χ0) is 18.9. The molecule has 0 saturated heterocycles. The molecule has 0 saturated carbocycles. The van der Waals surface area contributed by atoms with Crippen molar-refractivity contribution < 1.29 is 9.13 Å². The van der Waals surface area contributed by atoms with Crippen LogP contribution in [0.25, 0.3) is 0 Å². The molecular formula is C20H28FIN4O. The zero-order valence-corrected chi connectivity index (χ0v) is 18.6. The van der Waals surface area contributed by atoms with Crippen LogP contribution in [0.4, 0.5) is 4.39 Å². The number of aromatic nitrogens is 1. The monoisotopic (exact) mass is 486 g/mol. The maximum atomic E-state index is 13.0. The topological polar surface area (TPSA) is 58.5 Å². The largest absolute Gasteiger partial charge is 0.496 e. The van der Waals surface area contributed by atoms with Gasteiger partial charge < -0.3 is 15.4 Å². The van der Waals surface area contributed by atoms with Gasteiger partial charge in [0.25, 0.3) is 0 Å². The first-order valence-corrected chi connectivity index (χ1v) is 8.80. The van der Waals surface area contributed by atoms with Crippen LogP contribution in [0.5, 0.6) is 5.75 Å². The maximum absolute atomic E-state index is 13.0. The standard InChI is InChI=1S/C20H27FN4O.HI/c1-5-22-20(23-11-10-16-6-8-17(21)9-7-16)25-13-18-15(3)19(26-4)14(2)12-24-18;/h6-9,12H,5,10-11,13H2,1-4H3,(H2,22,23,25);1H. The Morgan fingerprint density at radius 3 is 2.52 bits per heavy atom. The van der Waals surface area contributed by atoms with E-state index in [9.17, 15) is 4.39 Å². The third-order valence-corrected chi connectivity index (χ3v) is 4.10. The van der Waals surface area contributed by atoms with E-state index < -0.39 is 0 Å². The first kappa shape index (κ1) is 23.1. The van der Waals surface area contributed by atoms with Crippen molar-refractivity contribution in [3.8, 4) is 5.75 Å². The summed E-state index contributed by atoms with van der Waals surface area (Å²) in [6, 6.07) is 6.56. The molecule has 1 aromatic carbocycles. The molecule has 2 N–H and O–H groups in total. The van der Waals surface area contributed by atoms with E-state index >= 15 is 0 Å². The highest BCUT2D eigenvalue weighted by Crippen LogP contribution is 2.24. The molecule has 1 heterocycles. The van der Waals surface area contributed by atoms with Gasteiger partial charge >= 0.3 is 0 Å². The molecule has 148 valence electrons. The molecule has 0 spiro atoms. The van der Waals surface area contributed by atoms with Crippen LogP contribution < -0.4 is 15.4 Å². The van der Waals surface area contributed by atoms with Gasteiger partial charge in [-0.15, -0.1) is 24.0 Å². The summed E-state index contributed by atoms with van der Waals surface area (Å²) in [4.78, 5) is 9.09. The highest BCUT2D eigenvalue weighted by molar-refractivity contribution is 14.0. The first-order chi connectivity index (χ1) is 12.5. The number of benzene rings is 1. The summed E-state index contributed by atoms with van der Waals surface area (Å²) in [5, 5.41) is 6.53. The Morgan fingerprint density at radius 2 is 1.89 bits per heavy atom. The Morgan fingerprint density at radius 1 is 1.19 bits per heavy atom. The van der Waals surface area contributed by atoms with Gasteiger partial charge in [-0.05, 0) is 44.9 Å². The minimum atomic E-state index is -0.215. The molecule has 0 atom stereocenters. The third-order valence-electron chi connectivity index (χ3n) is 4.10. The normalized spacial score (nSPS) is 10.9. The van der Waals surface area contributed by atoms with Crippen molar-refractivity contribution in [3.05, 3.63) is 58.7 Å². The minimum Gasteiger partial charge on any atom is -0.496 e. The van der Waals surface area contributed by atoms with E-state index in [1.54, 1.807) is 19.2 Å². The van der Waals surface area contributed by atoms with Gasteiger partial charge in [0.15, 0.2) is 5.96 Å². The Labute approximate surface area is 177 Å². The fourth-order valence-corrected chi connectivity index (χ4v) is 2.70.